The molecule has 1 N–H and O–H groups in total. The summed E-state index contributed by atoms with van der Waals surface area (Å²) in [6.45, 7) is 7.28. The molecule has 0 aliphatic rings. The lowest BCUT2D eigenvalue weighted by molar-refractivity contribution is -0.0666. The maximum absolute atomic E-state index is 8.93. The third-order valence-corrected chi connectivity index (χ3v) is 1.30. The Hall–Kier alpha value is 0.210. The van der Waals surface area contributed by atoms with Crippen LogP contribution in [0.4, 0.5) is 0 Å². The Balaban J connectivity index is 3.68. The highest BCUT2D eigenvalue weighted by Gasteiger charge is 2.19. The minimum Gasteiger partial charge on any atom is -0.389 e. The van der Waals surface area contributed by atoms with Crippen LogP contribution in [0, 0.1) is 0 Å². The largest absolute Gasteiger partial charge is 0.389 e. The second kappa shape index (κ2) is 3.56. The average molecular weight is 167 g/mol. The molecule has 0 aliphatic carbocycles. The van der Waals surface area contributed by atoms with Crippen LogP contribution in [0.5, 0.6) is 0 Å². The first-order valence-electron chi connectivity index (χ1n) is 3.33. The molecule has 2 nitrogen and oxygen atoms in total. The fraction of sp³-hybridized carbons (Fsp3) is 1.00. The number of ether oxygens (including phenoxy) is 1. The van der Waals surface area contributed by atoms with Crippen LogP contribution in [0.15, 0.2) is 0 Å². The standard InChI is InChI=1S/C7H15ClO2/c1-5(9)6(8)10-7(2,3)4/h5-6,9H,1-4H3. The van der Waals surface area contributed by atoms with Crippen molar-refractivity contribution in [2.75, 3.05) is 0 Å². The number of hydrogen-bond donors (Lipinski definition) is 1. The van der Waals surface area contributed by atoms with E-state index in [0.29, 0.717) is 0 Å². The van der Waals surface area contributed by atoms with Gasteiger partial charge in [-0.1, -0.05) is 11.6 Å². The number of aliphatic hydroxyl groups is 1. The summed E-state index contributed by atoms with van der Waals surface area (Å²) in [7, 11) is 0. The van der Waals surface area contributed by atoms with Crippen molar-refractivity contribution in [3.8, 4) is 0 Å². The molecule has 0 heterocycles. The van der Waals surface area contributed by atoms with Crippen molar-refractivity contribution in [3.63, 3.8) is 0 Å². The Bertz CT molecular complexity index is 96.3. The van der Waals surface area contributed by atoms with Gasteiger partial charge in [-0.15, -0.1) is 0 Å². The molecule has 0 fully saturated rings. The molecule has 0 aromatic rings. The summed E-state index contributed by atoms with van der Waals surface area (Å²) < 4.78 is 5.21. The van der Waals surface area contributed by atoms with E-state index in [0.717, 1.165) is 0 Å². The van der Waals surface area contributed by atoms with Gasteiger partial charge in [0.2, 0.25) is 0 Å². The third kappa shape index (κ3) is 5.03. The van der Waals surface area contributed by atoms with Gasteiger partial charge in [0.1, 0.15) is 0 Å². The van der Waals surface area contributed by atoms with Crippen molar-refractivity contribution in [2.24, 2.45) is 0 Å². The molecule has 0 aromatic heterocycles. The van der Waals surface area contributed by atoms with Gasteiger partial charge in [0.25, 0.3) is 0 Å². The average Bonchev–Trinajstić information content (AvgIpc) is 1.60. The first-order valence-corrected chi connectivity index (χ1v) is 3.76. The number of rotatable bonds is 2. The fourth-order valence-corrected chi connectivity index (χ4v) is 0.703. The summed E-state index contributed by atoms with van der Waals surface area (Å²) in [5.41, 5.74) is -0.899. The highest BCUT2D eigenvalue weighted by Crippen LogP contribution is 2.15. The molecule has 0 rings (SSSR count). The highest BCUT2D eigenvalue weighted by molar-refractivity contribution is 6.20. The Labute approximate surface area is 67.1 Å². The van der Waals surface area contributed by atoms with Gasteiger partial charge in [-0.3, -0.25) is 0 Å². The molecule has 2 unspecified atom stereocenters. The second-order valence-electron chi connectivity index (χ2n) is 3.32. The normalized spacial score (nSPS) is 18.6. The van der Waals surface area contributed by atoms with Crippen LogP contribution in [0.3, 0.4) is 0 Å². The van der Waals surface area contributed by atoms with Gasteiger partial charge in [-0.05, 0) is 27.7 Å². The Morgan fingerprint density at radius 3 is 1.90 bits per heavy atom. The van der Waals surface area contributed by atoms with E-state index in [2.05, 4.69) is 0 Å². The molecule has 0 bridgehead atoms. The van der Waals surface area contributed by atoms with Crippen molar-refractivity contribution in [1.29, 1.82) is 0 Å². The minimum atomic E-state index is -0.624. The van der Waals surface area contributed by atoms with Gasteiger partial charge in [0.05, 0.1) is 11.7 Å². The topological polar surface area (TPSA) is 29.5 Å². The molecule has 0 saturated heterocycles. The van der Waals surface area contributed by atoms with Crippen LogP contribution in [0.25, 0.3) is 0 Å². The van der Waals surface area contributed by atoms with E-state index < -0.39 is 11.7 Å². The van der Waals surface area contributed by atoms with Crippen molar-refractivity contribution in [3.05, 3.63) is 0 Å². The van der Waals surface area contributed by atoms with Gasteiger partial charge < -0.3 is 9.84 Å². The molecular weight excluding hydrogens is 152 g/mol. The zero-order valence-corrected chi connectivity index (χ0v) is 7.64. The SMILES string of the molecule is CC(O)C(Cl)OC(C)(C)C. The molecule has 0 spiro atoms. The van der Waals surface area contributed by atoms with E-state index in [-0.39, 0.29) is 5.60 Å². The van der Waals surface area contributed by atoms with Gasteiger partial charge in [0, 0.05) is 0 Å². The van der Waals surface area contributed by atoms with Gasteiger partial charge in [-0.2, -0.15) is 0 Å². The summed E-state index contributed by atoms with van der Waals surface area (Å²) in [6, 6.07) is 0. The Morgan fingerprint density at radius 2 is 1.80 bits per heavy atom. The molecule has 0 aliphatic heterocycles. The monoisotopic (exact) mass is 166 g/mol. The number of halogens is 1. The van der Waals surface area contributed by atoms with Crippen molar-refractivity contribution >= 4 is 11.6 Å². The molecule has 0 saturated carbocycles. The lowest BCUT2D eigenvalue weighted by atomic mass is 10.2. The van der Waals surface area contributed by atoms with Crippen molar-refractivity contribution < 1.29 is 9.84 Å². The lowest BCUT2D eigenvalue weighted by Crippen LogP contribution is -2.30. The Morgan fingerprint density at radius 1 is 1.40 bits per heavy atom. The highest BCUT2D eigenvalue weighted by atomic mass is 35.5. The molecule has 2 atom stereocenters. The van der Waals surface area contributed by atoms with Gasteiger partial charge >= 0.3 is 0 Å². The fourth-order valence-electron chi connectivity index (χ4n) is 0.436. The molecule has 0 aromatic carbocycles. The van der Waals surface area contributed by atoms with E-state index in [1.807, 2.05) is 20.8 Å². The lowest BCUT2D eigenvalue weighted by Gasteiger charge is -2.24. The first-order chi connectivity index (χ1) is 4.33. The van der Waals surface area contributed by atoms with Crippen molar-refractivity contribution in [2.45, 2.75) is 45.0 Å². The minimum absolute atomic E-state index is 0.288. The third-order valence-electron chi connectivity index (χ3n) is 0.845. The molecular formula is C7H15ClO2. The summed E-state index contributed by atoms with van der Waals surface area (Å²) in [6.07, 6.45) is -0.624. The van der Waals surface area contributed by atoms with E-state index in [1.165, 1.54) is 0 Å². The van der Waals surface area contributed by atoms with Crippen LogP contribution < -0.4 is 0 Å². The predicted octanol–water partition coefficient (Wildman–Crippen LogP) is 1.75. The summed E-state index contributed by atoms with van der Waals surface area (Å²) in [5.74, 6) is 0. The van der Waals surface area contributed by atoms with E-state index in [9.17, 15) is 0 Å². The van der Waals surface area contributed by atoms with Gasteiger partial charge in [0.15, 0.2) is 5.56 Å². The predicted molar refractivity (Wildman–Crippen MR) is 42.2 cm³/mol. The van der Waals surface area contributed by atoms with Crippen molar-refractivity contribution in [1.82, 2.24) is 0 Å². The quantitative estimate of drug-likeness (QED) is 0.634. The van der Waals surface area contributed by atoms with Crippen LogP contribution in [0.2, 0.25) is 0 Å². The summed E-state index contributed by atoms with van der Waals surface area (Å²) in [5, 5.41) is 8.93. The number of alkyl halides is 1. The summed E-state index contributed by atoms with van der Waals surface area (Å²) >= 11 is 5.63. The Kier molecular flexibility index (Phi) is 3.63. The number of aliphatic hydroxyl groups excluding tert-OH is 1. The summed E-state index contributed by atoms with van der Waals surface area (Å²) in [4.78, 5) is 0. The molecule has 0 radical (unpaired) electrons. The van der Waals surface area contributed by atoms with E-state index in [4.69, 9.17) is 21.4 Å². The number of hydrogen-bond acceptors (Lipinski definition) is 2. The van der Waals surface area contributed by atoms with Crippen LogP contribution in [-0.2, 0) is 4.74 Å². The maximum atomic E-state index is 8.93. The molecule has 10 heavy (non-hydrogen) atoms. The maximum Gasteiger partial charge on any atom is 0.157 e. The second-order valence-corrected chi connectivity index (χ2v) is 3.75. The molecule has 0 amide bonds. The zero-order valence-electron chi connectivity index (χ0n) is 6.89. The van der Waals surface area contributed by atoms with Crippen LogP contribution in [-0.4, -0.2) is 22.4 Å². The molecule has 3 heteroatoms. The van der Waals surface area contributed by atoms with Crippen LogP contribution in [0.1, 0.15) is 27.7 Å². The first kappa shape index (κ1) is 10.2. The zero-order chi connectivity index (χ0) is 8.36. The smallest absolute Gasteiger partial charge is 0.157 e. The van der Waals surface area contributed by atoms with E-state index in [1.54, 1.807) is 6.92 Å². The molecule has 62 valence electrons. The van der Waals surface area contributed by atoms with E-state index >= 15 is 0 Å². The van der Waals surface area contributed by atoms with Gasteiger partial charge in [-0.25, -0.2) is 0 Å². The van der Waals surface area contributed by atoms with Crippen LogP contribution >= 0.6 is 11.6 Å².